The van der Waals surface area contributed by atoms with Crippen molar-refractivity contribution in [2.75, 3.05) is 0 Å². The van der Waals surface area contributed by atoms with Crippen LogP contribution < -0.4 is 5.73 Å². The SMILES string of the molecule is Cc1cnc2nc(CCC(N)c3ccccc3)[nH]c2c1. The first-order valence-electron chi connectivity index (χ1n) is 6.84. The molecule has 0 fully saturated rings. The van der Waals surface area contributed by atoms with Crippen LogP contribution in [-0.2, 0) is 6.42 Å². The molecule has 0 aliphatic rings. The quantitative estimate of drug-likeness (QED) is 0.763. The van der Waals surface area contributed by atoms with Gasteiger partial charge in [0.1, 0.15) is 5.82 Å². The summed E-state index contributed by atoms with van der Waals surface area (Å²) in [4.78, 5) is 12.1. The first-order chi connectivity index (χ1) is 9.72. The lowest BCUT2D eigenvalue weighted by molar-refractivity contribution is 0.638. The van der Waals surface area contributed by atoms with E-state index < -0.39 is 0 Å². The summed E-state index contributed by atoms with van der Waals surface area (Å²) in [5, 5.41) is 0. The maximum atomic E-state index is 6.20. The molecule has 4 nitrogen and oxygen atoms in total. The summed E-state index contributed by atoms with van der Waals surface area (Å²) in [6.07, 6.45) is 3.52. The zero-order valence-electron chi connectivity index (χ0n) is 11.5. The molecule has 0 aliphatic heterocycles. The average Bonchev–Trinajstić information content (AvgIpc) is 2.87. The summed E-state index contributed by atoms with van der Waals surface area (Å²) < 4.78 is 0. The molecule has 0 saturated carbocycles. The second-order valence-electron chi connectivity index (χ2n) is 5.12. The summed E-state index contributed by atoms with van der Waals surface area (Å²) in [7, 11) is 0. The molecule has 102 valence electrons. The Labute approximate surface area is 118 Å². The van der Waals surface area contributed by atoms with E-state index >= 15 is 0 Å². The maximum absolute atomic E-state index is 6.20. The van der Waals surface area contributed by atoms with Crippen molar-refractivity contribution in [3.8, 4) is 0 Å². The Hall–Kier alpha value is -2.20. The van der Waals surface area contributed by atoms with Crippen molar-refractivity contribution in [1.29, 1.82) is 0 Å². The predicted molar refractivity (Wildman–Crippen MR) is 80.3 cm³/mol. The lowest BCUT2D eigenvalue weighted by Gasteiger charge is -2.10. The molecule has 1 unspecified atom stereocenters. The van der Waals surface area contributed by atoms with E-state index in [0.29, 0.717) is 0 Å². The number of pyridine rings is 1. The van der Waals surface area contributed by atoms with Crippen molar-refractivity contribution >= 4 is 11.2 Å². The van der Waals surface area contributed by atoms with Crippen LogP contribution in [0.4, 0.5) is 0 Å². The number of nitrogens with one attached hydrogen (secondary N) is 1. The summed E-state index contributed by atoms with van der Waals surface area (Å²) >= 11 is 0. The highest BCUT2D eigenvalue weighted by Crippen LogP contribution is 2.17. The lowest BCUT2D eigenvalue weighted by atomic mass is 10.0. The van der Waals surface area contributed by atoms with Crippen LogP contribution in [0.5, 0.6) is 0 Å². The van der Waals surface area contributed by atoms with Gasteiger partial charge in [0.15, 0.2) is 5.65 Å². The average molecular weight is 266 g/mol. The zero-order chi connectivity index (χ0) is 13.9. The summed E-state index contributed by atoms with van der Waals surface area (Å²) in [5.41, 5.74) is 10.3. The molecule has 3 aromatic rings. The topological polar surface area (TPSA) is 67.6 Å². The van der Waals surface area contributed by atoms with Crippen molar-refractivity contribution < 1.29 is 0 Å². The molecule has 0 amide bonds. The number of hydrogen-bond acceptors (Lipinski definition) is 3. The maximum Gasteiger partial charge on any atom is 0.177 e. The molecule has 1 aromatic carbocycles. The number of benzene rings is 1. The predicted octanol–water partition coefficient (Wildman–Crippen LogP) is 2.90. The van der Waals surface area contributed by atoms with E-state index in [9.17, 15) is 0 Å². The molecule has 2 aromatic heterocycles. The number of fused-ring (bicyclic) bond motifs is 1. The van der Waals surface area contributed by atoms with Gasteiger partial charge in [-0.1, -0.05) is 30.3 Å². The Morgan fingerprint density at radius 3 is 2.85 bits per heavy atom. The standard InChI is InChI=1S/C16H18N4/c1-11-9-14-16(18-10-11)20-15(19-14)8-7-13(17)12-5-3-2-4-6-12/h2-6,9-10,13H,7-8,17H2,1H3,(H,18,19,20). The van der Waals surface area contributed by atoms with E-state index in [1.54, 1.807) is 0 Å². The molecule has 0 spiro atoms. The molecule has 0 saturated heterocycles. The number of hydrogen-bond donors (Lipinski definition) is 2. The van der Waals surface area contributed by atoms with Gasteiger partial charge in [0.25, 0.3) is 0 Å². The Bertz CT molecular complexity index is 703. The molecule has 0 bridgehead atoms. The normalized spacial score (nSPS) is 12.7. The third-order valence-electron chi connectivity index (χ3n) is 3.44. The van der Waals surface area contributed by atoms with Gasteiger partial charge in [-0.3, -0.25) is 0 Å². The third kappa shape index (κ3) is 2.70. The number of rotatable bonds is 4. The van der Waals surface area contributed by atoms with Crippen molar-refractivity contribution in [2.45, 2.75) is 25.8 Å². The fourth-order valence-electron chi connectivity index (χ4n) is 2.33. The molecule has 20 heavy (non-hydrogen) atoms. The highest BCUT2D eigenvalue weighted by Gasteiger charge is 2.08. The van der Waals surface area contributed by atoms with E-state index in [1.807, 2.05) is 31.3 Å². The molecule has 3 rings (SSSR count). The van der Waals surface area contributed by atoms with E-state index in [-0.39, 0.29) is 6.04 Å². The zero-order valence-corrected chi connectivity index (χ0v) is 11.5. The molecule has 0 radical (unpaired) electrons. The summed E-state index contributed by atoms with van der Waals surface area (Å²) in [6.45, 7) is 2.03. The Kier molecular flexibility index (Phi) is 3.48. The van der Waals surface area contributed by atoms with E-state index in [2.05, 4.69) is 33.2 Å². The minimum Gasteiger partial charge on any atom is -0.341 e. The van der Waals surface area contributed by atoms with Crippen LogP contribution in [0, 0.1) is 6.92 Å². The minimum absolute atomic E-state index is 0.0408. The molecule has 1 atom stereocenters. The number of aryl methyl sites for hydroxylation is 2. The van der Waals surface area contributed by atoms with Crippen LogP contribution in [0.3, 0.4) is 0 Å². The van der Waals surface area contributed by atoms with Crippen LogP contribution in [0.25, 0.3) is 11.2 Å². The van der Waals surface area contributed by atoms with E-state index in [4.69, 9.17) is 5.73 Å². The molecule has 3 N–H and O–H groups in total. The van der Waals surface area contributed by atoms with Crippen molar-refractivity contribution in [2.24, 2.45) is 5.73 Å². The lowest BCUT2D eigenvalue weighted by Crippen LogP contribution is -2.11. The van der Waals surface area contributed by atoms with Crippen LogP contribution >= 0.6 is 0 Å². The smallest absolute Gasteiger partial charge is 0.177 e. The van der Waals surface area contributed by atoms with Crippen LogP contribution in [0.15, 0.2) is 42.6 Å². The van der Waals surface area contributed by atoms with Crippen molar-refractivity contribution in [3.05, 3.63) is 59.5 Å². The third-order valence-corrected chi connectivity index (χ3v) is 3.44. The van der Waals surface area contributed by atoms with Gasteiger partial charge in [-0.25, -0.2) is 9.97 Å². The number of nitrogens with two attached hydrogens (primary N) is 1. The Morgan fingerprint density at radius 1 is 1.25 bits per heavy atom. The molecular formula is C16H18N4. The largest absolute Gasteiger partial charge is 0.341 e. The number of aromatic amines is 1. The highest BCUT2D eigenvalue weighted by molar-refractivity contribution is 5.70. The van der Waals surface area contributed by atoms with Gasteiger partial charge in [0, 0.05) is 18.7 Å². The van der Waals surface area contributed by atoms with Gasteiger partial charge in [-0.2, -0.15) is 0 Å². The van der Waals surface area contributed by atoms with Gasteiger partial charge in [0.2, 0.25) is 0 Å². The number of imidazole rings is 1. The van der Waals surface area contributed by atoms with Crippen LogP contribution in [0.2, 0.25) is 0 Å². The van der Waals surface area contributed by atoms with Gasteiger partial charge >= 0.3 is 0 Å². The summed E-state index contributed by atoms with van der Waals surface area (Å²) in [5.74, 6) is 0.949. The Morgan fingerprint density at radius 2 is 2.05 bits per heavy atom. The summed E-state index contributed by atoms with van der Waals surface area (Å²) in [6, 6.07) is 12.3. The van der Waals surface area contributed by atoms with Crippen LogP contribution in [0.1, 0.15) is 29.4 Å². The molecule has 0 aliphatic carbocycles. The monoisotopic (exact) mass is 266 g/mol. The van der Waals surface area contributed by atoms with Crippen LogP contribution in [-0.4, -0.2) is 15.0 Å². The first kappa shape index (κ1) is 12.8. The molecular weight excluding hydrogens is 248 g/mol. The highest BCUT2D eigenvalue weighted by atomic mass is 15.0. The minimum atomic E-state index is 0.0408. The number of aromatic nitrogens is 3. The van der Waals surface area contributed by atoms with Crippen molar-refractivity contribution in [1.82, 2.24) is 15.0 Å². The molecule has 2 heterocycles. The van der Waals surface area contributed by atoms with E-state index in [0.717, 1.165) is 41.0 Å². The van der Waals surface area contributed by atoms with Gasteiger partial charge in [-0.15, -0.1) is 0 Å². The first-order valence-corrected chi connectivity index (χ1v) is 6.84. The fraction of sp³-hybridized carbons (Fsp3) is 0.250. The number of H-pyrrole nitrogens is 1. The number of nitrogens with zero attached hydrogens (tertiary/aromatic N) is 2. The second kappa shape index (κ2) is 5.43. The van der Waals surface area contributed by atoms with Crippen molar-refractivity contribution in [3.63, 3.8) is 0 Å². The van der Waals surface area contributed by atoms with Gasteiger partial charge in [-0.05, 0) is 30.5 Å². The van der Waals surface area contributed by atoms with Gasteiger partial charge < -0.3 is 10.7 Å². The van der Waals surface area contributed by atoms with Gasteiger partial charge in [0.05, 0.1) is 5.52 Å². The Balaban J connectivity index is 1.71. The molecule has 4 heteroatoms. The second-order valence-corrected chi connectivity index (χ2v) is 5.12. The fourth-order valence-corrected chi connectivity index (χ4v) is 2.33. The van der Waals surface area contributed by atoms with E-state index in [1.165, 1.54) is 0 Å².